The average molecular weight is 407 g/mol. The lowest BCUT2D eigenvalue weighted by Gasteiger charge is -2.33. The number of hydrogen-bond acceptors (Lipinski definition) is 5. The molecular weight excluding hydrogens is 386 g/mol. The SMILES string of the molecule is CCOc1ccccc1[C@H]1NC(=O)N(CC(=O)Nc2ccccc2)C2=C1C(=O)OC2. The first-order valence-corrected chi connectivity index (χ1v) is 9.63. The minimum atomic E-state index is -0.710. The van der Waals surface area contributed by atoms with Crippen molar-refractivity contribution in [3.63, 3.8) is 0 Å². The summed E-state index contributed by atoms with van der Waals surface area (Å²) < 4.78 is 10.9. The van der Waals surface area contributed by atoms with Crippen LogP contribution < -0.4 is 15.4 Å². The summed E-state index contributed by atoms with van der Waals surface area (Å²) >= 11 is 0. The number of hydrogen-bond donors (Lipinski definition) is 2. The number of amides is 3. The highest BCUT2D eigenvalue weighted by molar-refractivity contribution is 6.00. The number of esters is 1. The Morgan fingerprint density at radius 1 is 1.17 bits per heavy atom. The lowest BCUT2D eigenvalue weighted by molar-refractivity contribution is -0.136. The van der Waals surface area contributed by atoms with Gasteiger partial charge < -0.3 is 20.1 Å². The molecule has 30 heavy (non-hydrogen) atoms. The van der Waals surface area contributed by atoms with Gasteiger partial charge in [0.1, 0.15) is 18.9 Å². The maximum Gasteiger partial charge on any atom is 0.338 e. The Hall–Kier alpha value is -3.81. The summed E-state index contributed by atoms with van der Waals surface area (Å²) in [6, 6.07) is 15.0. The number of carbonyl (C=O) groups is 3. The van der Waals surface area contributed by atoms with E-state index in [1.54, 1.807) is 36.4 Å². The summed E-state index contributed by atoms with van der Waals surface area (Å²) in [6.45, 7) is 2.00. The number of nitrogens with zero attached hydrogens (tertiary/aromatic N) is 1. The van der Waals surface area contributed by atoms with Gasteiger partial charge in [-0.05, 0) is 25.1 Å². The zero-order valence-corrected chi connectivity index (χ0v) is 16.4. The van der Waals surface area contributed by atoms with Gasteiger partial charge >= 0.3 is 12.0 Å². The third-order valence-electron chi connectivity index (χ3n) is 4.89. The van der Waals surface area contributed by atoms with E-state index in [1.807, 2.05) is 25.1 Å². The van der Waals surface area contributed by atoms with Gasteiger partial charge in [-0.1, -0.05) is 36.4 Å². The van der Waals surface area contributed by atoms with E-state index >= 15 is 0 Å². The van der Waals surface area contributed by atoms with E-state index in [-0.39, 0.29) is 19.1 Å². The molecule has 0 saturated carbocycles. The van der Waals surface area contributed by atoms with Gasteiger partial charge in [0.15, 0.2) is 0 Å². The zero-order valence-electron chi connectivity index (χ0n) is 16.4. The third-order valence-corrected chi connectivity index (χ3v) is 4.89. The maximum absolute atomic E-state index is 12.9. The molecule has 0 aliphatic carbocycles. The number of anilines is 1. The maximum atomic E-state index is 12.9. The van der Waals surface area contributed by atoms with Gasteiger partial charge in [0.2, 0.25) is 5.91 Å². The van der Waals surface area contributed by atoms with Crippen LogP contribution in [-0.2, 0) is 14.3 Å². The number of urea groups is 1. The van der Waals surface area contributed by atoms with Crippen LogP contribution in [0.3, 0.4) is 0 Å². The highest BCUT2D eigenvalue weighted by Crippen LogP contribution is 2.38. The van der Waals surface area contributed by atoms with Gasteiger partial charge in [0.05, 0.1) is 23.9 Å². The Kier molecular flexibility index (Phi) is 5.38. The first kappa shape index (κ1) is 19.5. The number of rotatable bonds is 6. The van der Waals surface area contributed by atoms with Gasteiger partial charge in [-0.25, -0.2) is 9.59 Å². The molecule has 0 fully saturated rings. The Labute approximate surface area is 173 Å². The summed E-state index contributed by atoms with van der Waals surface area (Å²) in [6.07, 6.45) is 0. The van der Waals surface area contributed by atoms with Crippen LogP contribution in [0.15, 0.2) is 65.9 Å². The van der Waals surface area contributed by atoms with Gasteiger partial charge in [-0.3, -0.25) is 9.69 Å². The topological polar surface area (TPSA) is 97.0 Å². The van der Waals surface area contributed by atoms with E-state index < -0.39 is 18.0 Å². The van der Waals surface area contributed by atoms with Crippen molar-refractivity contribution in [3.05, 3.63) is 71.4 Å². The summed E-state index contributed by atoms with van der Waals surface area (Å²) in [7, 11) is 0. The van der Waals surface area contributed by atoms with Crippen molar-refractivity contribution in [1.29, 1.82) is 0 Å². The average Bonchev–Trinajstić information content (AvgIpc) is 3.13. The molecule has 0 saturated heterocycles. The number of benzene rings is 2. The predicted molar refractivity (Wildman–Crippen MR) is 109 cm³/mol. The highest BCUT2D eigenvalue weighted by atomic mass is 16.5. The molecule has 2 aliphatic heterocycles. The largest absolute Gasteiger partial charge is 0.494 e. The van der Waals surface area contributed by atoms with Crippen LogP contribution in [0.5, 0.6) is 5.75 Å². The molecule has 2 N–H and O–H groups in total. The second-order valence-electron chi connectivity index (χ2n) is 6.79. The third kappa shape index (κ3) is 3.71. The molecule has 2 aromatic rings. The minimum Gasteiger partial charge on any atom is -0.494 e. The standard InChI is InChI=1S/C22H21N3O5/c1-2-29-17-11-7-6-10-15(17)20-19-16(13-30-21(19)27)25(22(28)24-20)12-18(26)23-14-8-4-3-5-9-14/h3-11,20H,2,12-13H2,1H3,(H,23,26)(H,24,28)/t20-/m1/s1. The monoisotopic (exact) mass is 407 g/mol. The number of carbonyl (C=O) groups excluding carboxylic acids is 3. The van der Waals surface area contributed by atoms with E-state index in [9.17, 15) is 14.4 Å². The second kappa shape index (κ2) is 8.28. The normalized spacial score (nSPS) is 17.9. The van der Waals surface area contributed by atoms with Gasteiger partial charge in [0.25, 0.3) is 0 Å². The van der Waals surface area contributed by atoms with E-state index in [1.165, 1.54) is 4.90 Å². The van der Waals surface area contributed by atoms with Crippen LogP contribution in [0.1, 0.15) is 18.5 Å². The van der Waals surface area contributed by atoms with Crippen molar-refractivity contribution in [2.75, 3.05) is 25.1 Å². The Balaban J connectivity index is 1.63. The van der Waals surface area contributed by atoms with Crippen LogP contribution in [0.2, 0.25) is 0 Å². The molecular formula is C22H21N3O5. The van der Waals surface area contributed by atoms with Crippen molar-refractivity contribution < 1.29 is 23.9 Å². The van der Waals surface area contributed by atoms with Crippen LogP contribution in [-0.4, -0.2) is 42.6 Å². The number of ether oxygens (including phenoxy) is 2. The molecule has 0 bridgehead atoms. The summed E-state index contributed by atoms with van der Waals surface area (Å²) in [5, 5.41) is 5.56. The van der Waals surface area contributed by atoms with Crippen molar-refractivity contribution in [2.24, 2.45) is 0 Å². The molecule has 1 atom stereocenters. The molecule has 154 valence electrons. The molecule has 2 aromatic carbocycles. The first-order valence-electron chi connectivity index (χ1n) is 9.63. The van der Waals surface area contributed by atoms with Gasteiger partial charge in [-0.2, -0.15) is 0 Å². The number of nitrogens with one attached hydrogen (secondary N) is 2. The van der Waals surface area contributed by atoms with Gasteiger partial charge in [-0.15, -0.1) is 0 Å². The molecule has 0 radical (unpaired) electrons. The van der Waals surface area contributed by atoms with E-state index in [0.717, 1.165) is 0 Å². The molecule has 0 spiro atoms. The Bertz CT molecular complexity index is 1020. The lowest BCUT2D eigenvalue weighted by Crippen LogP contribution is -2.49. The summed E-state index contributed by atoms with van der Waals surface area (Å²) in [5.41, 5.74) is 1.99. The Morgan fingerprint density at radius 2 is 1.90 bits per heavy atom. The van der Waals surface area contributed by atoms with Crippen LogP contribution in [0, 0.1) is 0 Å². The predicted octanol–water partition coefficient (Wildman–Crippen LogP) is 2.60. The van der Waals surface area contributed by atoms with Crippen LogP contribution in [0.4, 0.5) is 10.5 Å². The number of cyclic esters (lactones) is 1. The van der Waals surface area contributed by atoms with E-state index in [2.05, 4.69) is 10.6 Å². The molecule has 8 nitrogen and oxygen atoms in total. The molecule has 0 aromatic heterocycles. The first-order chi connectivity index (χ1) is 14.6. The second-order valence-corrected chi connectivity index (χ2v) is 6.79. The minimum absolute atomic E-state index is 0.0620. The smallest absolute Gasteiger partial charge is 0.338 e. The molecule has 3 amide bonds. The highest BCUT2D eigenvalue weighted by Gasteiger charge is 2.43. The molecule has 2 aliphatic rings. The molecule has 4 rings (SSSR count). The Morgan fingerprint density at radius 3 is 2.67 bits per heavy atom. The van der Waals surface area contributed by atoms with Crippen molar-refractivity contribution >= 4 is 23.6 Å². The summed E-state index contributed by atoms with van der Waals surface area (Å²) in [4.78, 5) is 39.1. The zero-order chi connectivity index (χ0) is 21.1. The van der Waals surface area contributed by atoms with E-state index in [4.69, 9.17) is 9.47 Å². The molecule has 8 heteroatoms. The van der Waals surface area contributed by atoms with Crippen molar-refractivity contribution in [3.8, 4) is 5.75 Å². The van der Waals surface area contributed by atoms with Gasteiger partial charge in [0, 0.05) is 11.3 Å². The summed E-state index contributed by atoms with van der Waals surface area (Å²) in [5.74, 6) is -0.322. The fraction of sp³-hybridized carbons (Fsp3) is 0.227. The van der Waals surface area contributed by atoms with Crippen molar-refractivity contribution in [1.82, 2.24) is 10.2 Å². The van der Waals surface area contributed by atoms with E-state index in [0.29, 0.717) is 34.9 Å². The fourth-order valence-corrected chi connectivity index (χ4v) is 3.58. The van der Waals surface area contributed by atoms with Crippen LogP contribution >= 0.6 is 0 Å². The molecule has 2 heterocycles. The quantitative estimate of drug-likeness (QED) is 0.718. The van der Waals surface area contributed by atoms with Crippen LogP contribution in [0.25, 0.3) is 0 Å². The molecule has 0 unspecified atom stereocenters. The number of para-hydroxylation sites is 2. The fourth-order valence-electron chi connectivity index (χ4n) is 3.58. The van der Waals surface area contributed by atoms with Crippen molar-refractivity contribution in [2.45, 2.75) is 13.0 Å². The lowest BCUT2D eigenvalue weighted by atomic mass is 9.95.